The number of aliphatic hydroxyl groups excluding tert-OH is 2. The summed E-state index contributed by atoms with van der Waals surface area (Å²) in [5.74, 6) is 0.478. The van der Waals surface area contributed by atoms with Crippen LogP contribution in [-0.4, -0.2) is 108 Å². The molecule has 0 aliphatic heterocycles. The Bertz CT molecular complexity index is 1060. The zero-order valence-corrected chi connectivity index (χ0v) is 28.3. The van der Waals surface area contributed by atoms with Crippen molar-refractivity contribution in [3.8, 4) is 11.5 Å². The van der Waals surface area contributed by atoms with E-state index in [1.165, 1.54) is 27.7 Å². The number of carbonyl (C=O) groups excluding carboxylic acids is 2. The number of unbranched alkanes of at least 4 members (excludes halogenated alkanes) is 2. The van der Waals surface area contributed by atoms with Gasteiger partial charge in [0.2, 0.25) is 0 Å². The van der Waals surface area contributed by atoms with Gasteiger partial charge >= 0.3 is 0 Å². The van der Waals surface area contributed by atoms with Crippen molar-refractivity contribution in [2.75, 3.05) is 52.9 Å². The first-order chi connectivity index (χ1) is 22.3. The lowest BCUT2D eigenvalue weighted by Gasteiger charge is -2.15. The minimum atomic E-state index is -1.42. The molecule has 0 saturated carbocycles. The molecule has 0 heterocycles. The van der Waals surface area contributed by atoms with Crippen molar-refractivity contribution in [1.29, 1.82) is 0 Å². The Hall–Kier alpha value is -2.90. The minimum absolute atomic E-state index is 0.212. The second-order valence-electron chi connectivity index (χ2n) is 12.6. The predicted octanol–water partition coefficient (Wildman–Crippen LogP) is 4.16. The maximum Gasteiger partial charge on any atom is 0.193 e. The first-order valence-corrected chi connectivity index (χ1v) is 16.4. The molecule has 11 heteroatoms. The van der Waals surface area contributed by atoms with Crippen LogP contribution in [0.25, 0.3) is 0 Å². The van der Waals surface area contributed by atoms with Gasteiger partial charge in [-0.05, 0) is 102 Å². The van der Waals surface area contributed by atoms with Crippen LogP contribution in [0.15, 0.2) is 48.5 Å². The van der Waals surface area contributed by atoms with Gasteiger partial charge in [0.15, 0.2) is 11.6 Å². The summed E-state index contributed by atoms with van der Waals surface area (Å²) in [6, 6.07) is 13.1. The predicted molar refractivity (Wildman–Crippen MR) is 177 cm³/mol. The van der Waals surface area contributed by atoms with E-state index >= 15 is 0 Å². The number of hydrogen-bond donors (Lipinski definition) is 4. The normalized spacial score (nSPS) is 13.3. The van der Waals surface area contributed by atoms with Crippen molar-refractivity contribution in [1.82, 2.24) is 0 Å². The molecule has 47 heavy (non-hydrogen) atoms. The molecule has 0 radical (unpaired) electrons. The van der Waals surface area contributed by atoms with Gasteiger partial charge in [-0.2, -0.15) is 0 Å². The lowest BCUT2D eigenvalue weighted by Crippen LogP contribution is -2.30. The molecule has 2 aromatic carbocycles. The van der Waals surface area contributed by atoms with Crippen LogP contribution in [0.1, 0.15) is 86.9 Å². The van der Waals surface area contributed by atoms with E-state index in [1.54, 1.807) is 48.5 Å². The molecule has 264 valence electrons. The number of rotatable bonds is 26. The number of benzene rings is 2. The van der Waals surface area contributed by atoms with Gasteiger partial charge < -0.3 is 44.1 Å². The summed E-state index contributed by atoms with van der Waals surface area (Å²) in [5.41, 5.74) is -2.01. The van der Waals surface area contributed by atoms with Gasteiger partial charge in [0, 0.05) is 24.3 Å². The Labute approximate surface area is 278 Å². The van der Waals surface area contributed by atoms with Gasteiger partial charge in [0.25, 0.3) is 0 Å². The summed E-state index contributed by atoms with van der Waals surface area (Å²) in [5, 5.41) is 39.9. The molecule has 0 spiro atoms. The zero-order valence-electron chi connectivity index (χ0n) is 28.3. The fourth-order valence-corrected chi connectivity index (χ4v) is 4.44. The van der Waals surface area contributed by atoms with Gasteiger partial charge in [0.1, 0.15) is 35.9 Å². The van der Waals surface area contributed by atoms with Crippen molar-refractivity contribution >= 4 is 11.6 Å². The van der Waals surface area contributed by atoms with E-state index in [-0.39, 0.29) is 24.8 Å². The van der Waals surface area contributed by atoms with Crippen LogP contribution < -0.4 is 9.47 Å². The Kier molecular flexibility index (Phi) is 18.1. The van der Waals surface area contributed by atoms with Crippen LogP contribution in [0.5, 0.6) is 11.5 Å². The van der Waals surface area contributed by atoms with E-state index in [9.17, 15) is 30.0 Å². The highest BCUT2D eigenvalue weighted by molar-refractivity contribution is 6.02. The molecule has 2 rings (SSSR count). The smallest absolute Gasteiger partial charge is 0.193 e. The number of aliphatic hydroxyl groups is 4. The van der Waals surface area contributed by atoms with Crippen LogP contribution in [0.3, 0.4) is 0 Å². The molecule has 2 atom stereocenters. The van der Waals surface area contributed by atoms with Crippen molar-refractivity contribution < 1.29 is 53.7 Å². The third kappa shape index (κ3) is 17.2. The first-order valence-electron chi connectivity index (χ1n) is 16.4. The first kappa shape index (κ1) is 40.3. The van der Waals surface area contributed by atoms with E-state index in [4.69, 9.17) is 23.7 Å². The third-order valence-electron chi connectivity index (χ3n) is 7.11. The SMILES string of the molecule is CC(C)(O)C(=O)c1ccc(OCCOCC(O)CCCCCOCCCC(O)COCCOc2ccc(C(=O)C(C)(C)O)cc2)cc1. The molecule has 0 aliphatic rings. The molecule has 0 saturated heterocycles. The van der Waals surface area contributed by atoms with E-state index in [0.717, 1.165) is 25.7 Å². The maximum atomic E-state index is 12.1. The number of ether oxygens (including phenoxy) is 5. The van der Waals surface area contributed by atoms with E-state index in [1.807, 2.05) is 0 Å². The van der Waals surface area contributed by atoms with E-state index in [2.05, 4.69) is 0 Å². The lowest BCUT2D eigenvalue weighted by atomic mass is 9.97. The van der Waals surface area contributed by atoms with Gasteiger partial charge in [-0.1, -0.05) is 12.8 Å². The molecule has 0 aromatic heterocycles. The number of Topliss-reactive ketones (excluding diaryl/α,β-unsaturated/α-hetero) is 2. The largest absolute Gasteiger partial charge is 0.491 e. The van der Waals surface area contributed by atoms with Gasteiger partial charge in [-0.15, -0.1) is 0 Å². The Morgan fingerprint density at radius 2 is 0.957 bits per heavy atom. The molecule has 0 fully saturated rings. The molecular formula is C36H54O11. The highest BCUT2D eigenvalue weighted by Gasteiger charge is 2.25. The topological polar surface area (TPSA) is 161 Å². The van der Waals surface area contributed by atoms with Gasteiger partial charge in [-0.3, -0.25) is 9.59 Å². The fourth-order valence-electron chi connectivity index (χ4n) is 4.44. The maximum absolute atomic E-state index is 12.1. The summed E-state index contributed by atoms with van der Waals surface area (Å²) in [6.45, 7) is 8.72. The van der Waals surface area contributed by atoms with Crippen molar-refractivity contribution in [3.05, 3.63) is 59.7 Å². The molecule has 4 N–H and O–H groups in total. The Balaban J connectivity index is 1.37. The summed E-state index contributed by atoms with van der Waals surface area (Å²) in [4.78, 5) is 24.1. The molecule has 0 aliphatic carbocycles. The average molecular weight is 663 g/mol. The lowest BCUT2D eigenvalue weighted by molar-refractivity contribution is 0.0154. The second-order valence-corrected chi connectivity index (χ2v) is 12.6. The van der Waals surface area contributed by atoms with Gasteiger partial charge in [0.05, 0.1) is 38.6 Å². The molecule has 2 aromatic rings. The Morgan fingerprint density at radius 3 is 1.38 bits per heavy atom. The van der Waals surface area contributed by atoms with Crippen LogP contribution in [0.4, 0.5) is 0 Å². The number of carbonyl (C=O) groups is 2. The zero-order chi connectivity index (χ0) is 34.7. The molecule has 0 bridgehead atoms. The number of ketones is 2. The van der Waals surface area contributed by atoms with Crippen LogP contribution >= 0.6 is 0 Å². The quantitative estimate of drug-likeness (QED) is 0.0846. The summed E-state index contributed by atoms with van der Waals surface area (Å²) in [7, 11) is 0. The van der Waals surface area contributed by atoms with E-state index < -0.39 is 23.4 Å². The van der Waals surface area contributed by atoms with E-state index in [0.29, 0.717) is 75.1 Å². The monoisotopic (exact) mass is 662 g/mol. The molecule has 2 unspecified atom stereocenters. The highest BCUT2D eigenvalue weighted by atomic mass is 16.5. The summed E-state index contributed by atoms with van der Waals surface area (Å²) < 4.78 is 27.8. The van der Waals surface area contributed by atoms with Crippen LogP contribution in [0, 0.1) is 0 Å². The number of hydrogen-bond acceptors (Lipinski definition) is 11. The minimum Gasteiger partial charge on any atom is -0.491 e. The van der Waals surface area contributed by atoms with Crippen molar-refractivity contribution in [2.24, 2.45) is 0 Å². The van der Waals surface area contributed by atoms with Crippen molar-refractivity contribution in [2.45, 2.75) is 89.6 Å². The highest BCUT2D eigenvalue weighted by Crippen LogP contribution is 2.18. The van der Waals surface area contributed by atoms with Crippen LogP contribution in [0.2, 0.25) is 0 Å². The molecule has 11 nitrogen and oxygen atoms in total. The standard InChI is InChI=1S/C36H54O11/c1-35(2,41)33(39)27-11-15-31(16-12-27)46-23-21-44-25-29(37)9-6-5-7-19-43-20-8-10-30(38)26-45-22-24-47-32-17-13-28(14-18-32)34(40)36(3,4)42/h11-18,29-30,37-38,41-42H,5-10,19-26H2,1-4H3. The Morgan fingerprint density at radius 1 is 0.553 bits per heavy atom. The van der Waals surface area contributed by atoms with Crippen molar-refractivity contribution in [3.63, 3.8) is 0 Å². The second kappa shape index (κ2) is 21.1. The molecule has 0 amide bonds. The fraction of sp³-hybridized carbons (Fsp3) is 0.611. The average Bonchev–Trinajstić information content (AvgIpc) is 3.02. The van der Waals surface area contributed by atoms with Crippen LogP contribution in [-0.2, 0) is 14.2 Å². The summed E-state index contributed by atoms with van der Waals surface area (Å²) in [6.07, 6.45) is 3.53. The summed E-state index contributed by atoms with van der Waals surface area (Å²) >= 11 is 0. The van der Waals surface area contributed by atoms with Gasteiger partial charge in [-0.25, -0.2) is 0 Å². The third-order valence-corrected chi connectivity index (χ3v) is 7.11. The molecular weight excluding hydrogens is 608 g/mol.